The third-order valence-corrected chi connectivity index (χ3v) is 4.55. The summed E-state index contributed by atoms with van der Waals surface area (Å²) >= 11 is 5.47. The Kier molecular flexibility index (Phi) is 11.5. The number of fused-ring (bicyclic) bond motifs is 1. The monoisotopic (exact) mass is 499 g/mol. The van der Waals surface area contributed by atoms with E-state index in [2.05, 4.69) is 5.32 Å². The fourth-order valence-electron chi connectivity index (χ4n) is 2.74. The molecule has 0 heterocycles. The number of aliphatic carboxylic acids is 1. The first-order valence-corrected chi connectivity index (χ1v) is 9.66. The van der Waals surface area contributed by atoms with E-state index in [1.54, 1.807) is 0 Å². The summed E-state index contributed by atoms with van der Waals surface area (Å²) in [6, 6.07) is 13.3. The van der Waals surface area contributed by atoms with E-state index in [4.69, 9.17) is 27.8 Å². The second-order valence-electron chi connectivity index (χ2n) is 6.47. The molecule has 0 saturated carbocycles. The fourth-order valence-corrected chi connectivity index (χ4v) is 2.94. The van der Waals surface area contributed by atoms with Gasteiger partial charge >= 0.3 is 35.2 Å². The summed E-state index contributed by atoms with van der Waals surface area (Å²) < 4.78 is 4.90. The van der Waals surface area contributed by atoms with Gasteiger partial charge in [-0.25, -0.2) is 0 Å². The van der Waals surface area contributed by atoms with E-state index in [1.807, 2.05) is 36.4 Å². The van der Waals surface area contributed by atoms with Crippen molar-refractivity contribution < 1.29 is 54.0 Å². The Balaban J connectivity index is 0.000000346. The number of carboxylic acids is 1. The molecule has 12 nitrogen and oxygen atoms in total. The number of ether oxygens (including phenoxy) is 1. The summed E-state index contributed by atoms with van der Waals surface area (Å²) in [7, 11) is 0. The Hall–Kier alpha value is -3.16. The van der Waals surface area contributed by atoms with Crippen LogP contribution in [0.5, 0.6) is 0 Å². The molecule has 3 rings (SSSR count). The van der Waals surface area contributed by atoms with E-state index < -0.39 is 27.2 Å². The molecule has 3 aromatic rings. The molecule has 0 fully saturated rings. The van der Waals surface area contributed by atoms with Crippen LogP contribution in [0.1, 0.15) is 0 Å². The number of carbonyl (C=O) groups excluding carboxylic acids is 1. The average Bonchev–Trinajstić information content (AvgIpc) is 2.77. The molecule has 0 saturated heterocycles. The first-order valence-electron chi connectivity index (χ1n) is 9.28. The van der Waals surface area contributed by atoms with Crippen LogP contribution in [0.15, 0.2) is 48.5 Å². The number of benzene rings is 3. The summed E-state index contributed by atoms with van der Waals surface area (Å²) in [6.45, 7) is 0.429. The summed E-state index contributed by atoms with van der Waals surface area (Å²) in [6.07, 6.45) is 0. The molecule has 174 valence electrons. The molecule has 0 aromatic heterocycles. The van der Waals surface area contributed by atoms with Crippen molar-refractivity contribution in [2.75, 3.05) is 36.5 Å². The molecule has 34 heavy (non-hydrogen) atoms. The number of nitrogen functional groups attached to an aromatic ring is 2. The number of nitrogens with one attached hydrogen (secondary N) is 1. The van der Waals surface area contributed by atoms with Crippen molar-refractivity contribution in [3.05, 3.63) is 73.8 Å². The van der Waals surface area contributed by atoms with Gasteiger partial charge in [-0.2, -0.15) is 0 Å². The standard InChI is InChI=1S/C14H16N2O3.C6H4ClN3O4.Na/c15-12-5-6-13(11-4-2-1-3-10(11)12)16-7-8-19-9-14(17)18;7-4-1-3(9(11)12)2-5(6(4)8)10(13)14;/h1-6,16H,7-9,15H2,(H,17,18);1-2H,8H2;/q;;+1/p-1. The van der Waals surface area contributed by atoms with E-state index in [1.165, 1.54) is 0 Å². The van der Waals surface area contributed by atoms with Gasteiger partial charge in [0, 0.05) is 34.8 Å². The van der Waals surface area contributed by atoms with Crippen molar-refractivity contribution in [2.24, 2.45) is 0 Å². The number of non-ortho nitro benzene ring substituents is 1. The van der Waals surface area contributed by atoms with Crippen molar-refractivity contribution in [3.8, 4) is 0 Å². The Morgan fingerprint density at radius 1 is 1.03 bits per heavy atom. The molecular weight excluding hydrogens is 481 g/mol. The largest absolute Gasteiger partial charge is 1.00 e. The maximum atomic E-state index is 10.4. The minimum absolute atomic E-state index is 0. The van der Waals surface area contributed by atoms with Crippen LogP contribution in [0.25, 0.3) is 10.8 Å². The van der Waals surface area contributed by atoms with E-state index in [0.29, 0.717) is 13.2 Å². The summed E-state index contributed by atoms with van der Waals surface area (Å²) in [5, 5.41) is 35.9. The van der Waals surface area contributed by atoms with Gasteiger partial charge in [0.15, 0.2) is 0 Å². The second-order valence-corrected chi connectivity index (χ2v) is 6.88. The van der Waals surface area contributed by atoms with Crippen LogP contribution in [-0.4, -0.2) is 35.6 Å². The molecule has 0 aliphatic heterocycles. The zero-order chi connectivity index (χ0) is 24.5. The van der Waals surface area contributed by atoms with Crippen LogP contribution in [0, 0.1) is 20.2 Å². The maximum absolute atomic E-state index is 10.4. The summed E-state index contributed by atoms with van der Waals surface area (Å²) in [5.41, 5.74) is 11.5. The number of anilines is 3. The third-order valence-electron chi connectivity index (χ3n) is 4.24. The molecule has 0 unspecified atom stereocenters. The number of nitrogens with two attached hydrogens (primary N) is 2. The van der Waals surface area contributed by atoms with Gasteiger partial charge in [-0.15, -0.1) is 0 Å². The van der Waals surface area contributed by atoms with Crippen LogP contribution in [0.3, 0.4) is 0 Å². The Bertz CT molecular complexity index is 1200. The number of rotatable bonds is 8. The van der Waals surface area contributed by atoms with Crippen LogP contribution in [-0.2, 0) is 9.53 Å². The molecule has 0 amide bonds. The van der Waals surface area contributed by atoms with Crippen molar-refractivity contribution in [2.45, 2.75) is 0 Å². The zero-order valence-corrected chi connectivity index (χ0v) is 20.8. The molecule has 0 spiro atoms. The Labute approximate surface area is 220 Å². The van der Waals surface area contributed by atoms with Crippen molar-refractivity contribution in [3.63, 3.8) is 0 Å². The average molecular weight is 500 g/mol. The minimum Gasteiger partial charge on any atom is -0.548 e. The number of hydrogen-bond donors (Lipinski definition) is 3. The number of nitro benzene ring substituents is 2. The molecule has 0 atom stereocenters. The van der Waals surface area contributed by atoms with Gasteiger partial charge in [-0.3, -0.25) is 20.2 Å². The first-order chi connectivity index (χ1) is 15.6. The number of carbonyl (C=O) groups is 1. The number of nitrogens with zero attached hydrogens (tertiary/aromatic N) is 2. The SMILES string of the molecule is Nc1c(Cl)cc([N+](=O)[O-])cc1[N+](=O)[O-].Nc1ccc(NCCOCC(=O)[O-])c2ccccc12.[Na+]. The number of hydrogen-bond acceptors (Lipinski definition) is 10. The van der Waals surface area contributed by atoms with Crippen LogP contribution < -0.4 is 51.4 Å². The normalized spacial score (nSPS) is 9.91. The van der Waals surface area contributed by atoms with Crippen LogP contribution >= 0.6 is 11.6 Å². The summed E-state index contributed by atoms with van der Waals surface area (Å²) in [5.74, 6) is -1.21. The Morgan fingerprint density at radius 3 is 2.26 bits per heavy atom. The second kappa shape index (κ2) is 13.5. The van der Waals surface area contributed by atoms with Crippen molar-refractivity contribution in [1.29, 1.82) is 0 Å². The van der Waals surface area contributed by atoms with Gasteiger partial charge in [0.2, 0.25) is 0 Å². The van der Waals surface area contributed by atoms with E-state index in [9.17, 15) is 30.1 Å². The van der Waals surface area contributed by atoms with Crippen molar-refractivity contribution in [1.82, 2.24) is 0 Å². The molecular formula is C20H19ClN5NaO7. The van der Waals surface area contributed by atoms with Crippen molar-refractivity contribution >= 4 is 56.8 Å². The first kappa shape index (κ1) is 28.9. The zero-order valence-electron chi connectivity index (χ0n) is 18.0. The molecule has 14 heteroatoms. The van der Waals surface area contributed by atoms with Gasteiger partial charge in [0.1, 0.15) is 5.69 Å². The number of carboxylic acid groups (broad SMARTS) is 1. The summed E-state index contributed by atoms with van der Waals surface area (Å²) in [4.78, 5) is 29.3. The van der Waals surface area contributed by atoms with Gasteiger partial charge in [0.05, 0.1) is 40.1 Å². The minimum atomic E-state index is -1.21. The van der Waals surface area contributed by atoms with E-state index >= 15 is 0 Å². The third kappa shape index (κ3) is 8.01. The predicted molar refractivity (Wildman–Crippen MR) is 122 cm³/mol. The quantitative estimate of drug-likeness (QED) is 0.117. The van der Waals surface area contributed by atoms with Crippen LogP contribution in [0.2, 0.25) is 5.02 Å². The predicted octanol–water partition coefficient (Wildman–Crippen LogP) is -0.657. The van der Waals surface area contributed by atoms with E-state index in [-0.39, 0.29) is 46.9 Å². The smallest absolute Gasteiger partial charge is 0.548 e. The molecule has 0 radical (unpaired) electrons. The Morgan fingerprint density at radius 2 is 1.68 bits per heavy atom. The van der Waals surface area contributed by atoms with Gasteiger partial charge < -0.3 is 31.4 Å². The molecule has 0 bridgehead atoms. The van der Waals surface area contributed by atoms with Crippen LogP contribution in [0.4, 0.5) is 28.4 Å². The van der Waals surface area contributed by atoms with Gasteiger partial charge in [-0.1, -0.05) is 35.9 Å². The molecule has 0 aliphatic carbocycles. The van der Waals surface area contributed by atoms with Gasteiger partial charge in [-0.05, 0) is 12.1 Å². The maximum Gasteiger partial charge on any atom is 1.00 e. The number of nitro groups is 2. The number of halogens is 1. The molecule has 3 aromatic carbocycles. The molecule has 5 N–H and O–H groups in total. The molecule has 0 aliphatic rings. The topological polar surface area (TPSA) is 200 Å². The fraction of sp³-hybridized carbons (Fsp3) is 0.150. The van der Waals surface area contributed by atoms with Gasteiger partial charge in [0.25, 0.3) is 5.69 Å². The van der Waals surface area contributed by atoms with E-state index in [0.717, 1.165) is 34.3 Å².